The maximum atomic E-state index is 10.1. The number of hydrogen-bond acceptors (Lipinski definition) is 8. The van der Waals surface area contributed by atoms with Gasteiger partial charge in [0.1, 0.15) is 0 Å². The standard InChI is InChI=1S/2C6H6N2O2.5H2O.O.V/c2*7-4-1-2-5(6(9)10)8-3-4;;;;;;;/h2*1-3H,7H2,(H,9,10);5*1H2;;/q;;;;;;;-2;+4/p-1. The van der Waals surface area contributed by atoms with Gasteiger partial charge in [0.15, 0.2) is 0 Å². The molecular weight excluding hydrogens is 411 g/mol. The number of hydrogen-bond donors (Lipinski definition) is 2. The Bertz CT molecular complexity index is 557. The Labute approximate surface area is 164 Å². The molecule has 0 aliphatic rings. The molecule has 2 aromatic rings. The number of nitrogens with two attached hydrogens (primary N) is 2. The van der Waals surface area contributed by atoms with Gasteiger partial charge in [0.05, 0.1) is 47.1 Å². The first-order chi connectivity index (χ1) is 9.40. The molecule has 0 aliphatic carbocycles. The van der Waals surface area contributed by atoms with E-state index >= 15 is 0 Å². The minimum absolute atomic E-state index is 0. The summed E-state index contributed by atoms with van der Waals surface area (Å²) in [6, 6.07) is 5.51. The van der Waals surface area contributed by atoms with Crippen LogP contribution in [0, 0.1) is 0 Å². The summed E-state index contributed by atoms with van der Waals surface area (Å²) >= 11 is 0. The Morgan fingerprint density at radius 3 is 1.15 bits per heavy atom. The molecule has 2 aromatic heterocycles. The summed E-state index contributed by atoms with van der Waals surface area (Å²) in [5.41, 5.74) is 11.2. The van der Waals surface area contributed by atoms with Crippen LogP contribution in [-0.4, -0.2) is 43.8 Å². The predicted octanol–water partition coefficient (Wildman–Crippen LogP) is -6.29. The number of anilines is 2. The first-order valence-corrected chi connectivity index (χ1v) is 5.26. The Morgan fingerprint density at radius 2 is 1.00 bits per heavy atom. The summed E-state index contributed by atoms with van der Waals surface area (Å²) in [6.45, 7) is 0. The van der Waals surface area contributed by atoms with Gasteiger partial charge in [0.25, 0.3) is 0 Å². The van der Waals surface area contributed by atoms with Crippen molar-refractivity contribution in [1.29, 1.82) is 0 Å². The largest absolute Gasteiger partial charge is 4.00 e. The normalized spacial score (nSPS) is 6.81. The average molecular weight is 432 g/mol. The second kappa shape index (κ2) is 21.2. The number of rotatable bonds is 2. The van der Waals surface area contributed by atoms with Gasteiger partial charge in [-0.05, 0) is 24.3 Å². The van der Waals surface area contributed by atoms with Gasteiger partial charge in [0, 0.05) is 0 Å². The molecule has 15 N–H and O–H groups in total. The zero-order chi connectivity index (χ0) is 15.1. The van der Waals surface area contributed by atoms with Crippen molar-refractivity contribution >= 4 is 23.3 Å². The number of carbonyl (C=O) groups excluding carboxylic acids is 2. The van der Waals surface area contributed by atoms with Gasteiger partial charge in [-0.1, -0.05) is 0 Å². The Balaban J connectivity index is -0.0000000471. The van der Waals surface area contributed by atoms with Crippen molar-refractivity contribution in [3.05, 3.63) is 48.0 Å². The maximum Gasteiger partial charge on any atom is 4.00 e. The van der Waals surface area contributed by atoms with Gasteiger partial charge in [0.2, 0.25) is 0 Å². The number of carbonyl (C=O) groups is 2. The molecule has 0 saturated heterocycles. The van der Waals surface area contributed by atoms with Crippen LogP contribution in [-0.2, 0) is 29.5 Å². The fourth-order valence-electron chi connectivity index (χ4n) is 1.05. The van der Waals surface area contributed by atoms with Crippen LogP contribution in [0.1, 0.15) is 21.0 Å². The number of carboxylic acid groups (broad SMARTS) is 2. The van der Waals surface area contributed by atoms with Crippen molar-refractivity contribution in [2.45, 2.75) is 0 Å². The minimum Gasteiger partial charge on any atom is -2.00 e. The zero-order valence-electron chi connectivity index (χ0n) is 13.6. The molecule has 2 heterocycles. The number of carboxylic acids is 2. The first kappa shape index (κ1) is 44.0. The van der Waals surface area contributed by atoms with E-state index < -0.39 is 11.9 Å². The van der Waals surface area contributed by atoms with Gasteiger partial charge in [-0.15, -0.1) is 0 Å². The van der Waals surface area contributed by atoms with Crippen molar-refractivity contribution in [3.63, 3.8) is 0 Å². The monoisotopic (exact) mass is 432 g/mol. The van der Waals surface area contributed by atoms with Crippen LogP contribution in [0.2, 0.25) is 0 Å². The van der Waals surface area contributed by atoms with Gasteiger partial charge >= 0.3 is 18.6 Å². The van der Waals surface area contributed by atoms with Gasteiger partial charge in [-0.3, -0.25) is 9.97 Å². The fraction of sp³-hybridized carbons (Fsp3) is 0. The van der Waals surface area contributed by atoms with Crippen LogP contribution in [0.25, 0.3) is 0 Å². The Kier molecular flexibility index (Phi) is 34.6. The van der Waals surface area contributed by atoms with Crippen LogP contribution in [0.15, 0.2) is 36.7 Å². The number of pyridine rings is 2. The average Bonchev–Trinajstić information content (AvgIpc) is 2.40. The first-order valence-electron chi connectivity index (χ1n) is 5.26. The third-order valence-electron chi connectivity index (χ3n) is 1.99. The number of nitrogens with zero attached hydrogens (tertiary/aromatic N) is 2. The molecule has 0 unspecified atom stereocenters. The zero-order valence-corrected chi connectivity index (χ0v) is 15.0. The van der Waals surface area contributed by atoms with Gasteiger partial charge < -0.3 is 64.1 Å². The SMILES string of the molecule is Nc1ccc(C(=O)[O-])nc1.Nc1ccc(C(=O)[O-])nc1.O.O.O.O.[O-2].[OH3+].[V+4]. The molecule has 153 valence electrons. The van der Waals surface area contributed by atoms with Gasteiger partial charge in [-0.2, -0.15) is 0 Å². The van der Waals surface area contributed by atoms with E-state index in [1.165, 1.54) is 36.7 Å². The van der Waals surface area contributed by atoms with Crippen LogP contribution < -0.4 is 21.7 Å². The molecule has 0 saturated carbocycles. The van der Waals surface area contributed by atoms with Crippen molar-refractivity contribution < 1.29 is 71.2 Å². The molecule has 15 heteroatoms. The van der Waals surface area contributed by atoms with Crippen LogP contribution >= 0.6 is 0 Å². The van der Waals surface area contributed by atoms with Crippen LogP contribution in [0.4, 0.5) is 11.4 Å². The maximum absolute atomic E-state index is 10.1. The Hall–Kier alpha value is -2.82. The molecule has 0 bridgehead atoms. The molecule has 14 nitrogen and oxygen atoms in total. The summed E-state index contributed by atoms with van der Waals surface area (Å²) in [4.78, 5) is 27.2. The van der Waals surface area contributed by atoms with Crippen molar-refractivity contribution in [2.24, 2.45) is 0 Å². The molecule has 0 fully saturated rings. The molecule has 0 spiro atoms. The molecule has 0 aliphatic heterocycles. The van der Waals surface area contributed by atoms with E-state index in [1.807, 2.05) is 0 Å². The quantitative estimate of drug-likeness (QED) is 0.428. The summed E-state index contributed by atoms with van der Waals surface area (Å²) in [6.07, 6.45) is 2.54. The number of nitrogen functional groups attached to an aromatic ring is 2. The number of aromatic nitrogens is 2. The van der Waals surface area contributed by atoms with Gasteiger partial charge in [-0.25, -0.2) is 0 Å². The van der Waals surface area contributed by atoms with E-state index in [4.69, 9.17) is 11.5 Å². The number of aromatic carboxylic acids is 2. The molecule has 0 atom stereocenters. The summed E-state index contributed by atoms with van der Waals surface area (Å²) in [7, 11) is 0. The van der Waals surface area contributed by atoms with E-state index in [-0.39, 0.29) is 62.8 Å². The molecular formula is C12H21N4O10V+. The topological polar surface area (TPSA) is 346 Å². The summed E-state index contributed by atoms with van der Waals surface area (Å²) < 4.78 is 0. The van der Waals surface area contributed by atoms with Crippen LogP contribution in [0.3, 0.4) is 0 Å². The fourth-order valence-corrected chi connectivity index (χ4v) is 1.05. The van der Waals surface area contributed by atoms with E-state index in [0.717, 1.165) is 0 Å². The molecule has 1 radical (unpaired) electrons. The minimum atomic E-state index is -1.29. The van der Waals surface area contributed by atoms with E-state index in [1.54, 1.807) is 0 Å². The molecule has 27 heavy (non-hydrogen) atoms. The van der Waals surface area contributed by atoms with Crippen molar-refractivity contribution in [1.82, 2.24) is 9.97 Å². The van der Waals surface area contributed by atoms with Crippen molar-refractivity contribution in [2.75, 3.05) is 11.5 Å². The molecule has 0 aromatic carbocycles. The second-order valence-corrected chi connectivity index (χ2v) is 3.53. The second-order valence-electron chi connectivity index (χ2n) is 3.53. The predicted molar refractivity (Wildman–Crippen MR) is 86.0 cm³/mol. The summed E-state index contributed by atoms with van der Waals surface area (Å²) in [5, 5.41) is 20.2. The summed E-state index contributed by atoms with van der Waals surface area (Å²) in [5.74, 6) is -2.58. The third-order valence-corrected chi connectivity index (χ3v) is 1.99. The van der Waals surface area contributed by atoms with E-state index in [2.05, 4.69) is 9.97 Å². The third kappa shape index (κ3) is 16.4. The van der Waals surface area contributed by atoms with Crippen LogP contribution in [0.5, 0.6) is 0 Å². The van der Waals surface area contributed by atoms with E-state index in [0.29, 0.717) is 11.4 Å². The van der Waals surface area contributed by atoms with Crippen molar-refractivity contribution in [3.8, 4) is 0 Å². The smallest absolute Gasteiger partial charge is 2.00 e. The Morgan fingerprint density at radius 1 is 0.741 bits per heavy atom. The van der Waals surface area contributed by atoms with E-state index in [9.17, 15) is 19.8 Å². The molecule has 2 rings (SSSR count). The molecule has 0 amide bonds.